The van der Waals surface area contributed by atoms with Gasteiger partial charge in [0.05, 0.1) is 12.1 Å². The molecule has 1 fully saturated rings. The van der Waals surface area contributed by atoms with Crippen LogP contribution >= 0.6 is 0 Å². The molecular formula is C13H15FN2O3. The first kappa shape index (κ1) is 13.3. The van der Waals surface area contributed by atoms with Crippen molar-refractivity contribution in [2.45, 2.75) is 25.3 Å². The van der Waals surface area contributed by atoms with E-state index in [4.69, 9.17) is 10.8 Å². The van der Waals surface area contributed by atoms with Gasteiger partial charge in [0.2, 0.25) is 0 Å². The number of amides is 1. The highest BCUT2D eigenvalue weighted by atomic mass is 19.1. The van der Waals surface area contributed by atoms with Gasteiger partial charge < -0.3 is 16.2 Å². The number of anilines is 1. The van der Waals surface area contributed by atoms with Crippen LogP contribution in [0.15, 0.2) is 18.2 Å². The third-order valence-electron chi connectivity index (χ3n) is 3.16. The van der Waals surface area contributed by atoms with Gasteiger partial charge in [0.25, 0.3) is 5.91 Å². The summed E-state index contributed by atoms with van der Waals surface area (Å²) in [6.45, 7) is 0. The standard InChI is InChI=1S/C13H15FN2O3/c14-9-5-8(3-4-10(9)15)13(19)16-11(6-12(17)18)7-1-2-7/h3-5,7,11H,1-2,6,15H2,(H,16,19)(H,17,18). The molecule has 0 radical (unpaired) electrons. The smallest absolute Gasteiger partial charge is 0.305 e. The third kappa shape index (κ3) is 3.43. The first-order valence-corrected chi connectivity index (χ1v) is 6.05. The predicted molar refractivity (Wildman–Crippen MR) is 67.0 cm³/mol. The molecule has 1 saturated carbocycles. The molecule has 2 rings (SSSR count). The molecule has 102 valence electrons. The van der Waals surface area contributed by atoms with Crippen LogP contribution in [0.3, 0.4) is 0 Å². The van der Waals surface area contributed by atoms with Gasteiger partial charge in [-0.05, 0) is 37.0 Å². The number of carbonyl (C=O) groups excluding carboxylic acids is 1. The second kappa shape index (κ2) is 5.26. The number of hydrogen-bond acceptors (Lipinski definition) is 3. The lowest BCUT2D eigenvalue weighted by Gasteiger charge is -2.16. The minimum absolute atomic E-state index is 0.0270. The zero-order valence-corrected chi connectivity index (χ0v) is 10.2. The minimum Gasteiger partial charge on any atom is -0.481 e. The number of carboxylic acids is 1. The van der Waals surface area contributed by atoms with Gasteiger partial charge in [0.1, 0.15) is 5.82 Å². The van der Waals surface area contributed by atoms with Crippen molar-refractivity contribution in [3.63, 3.8) is 0 Å². The summed E-state index contributed by atoms with van der Waals surface area (Å²) in [7, 11) is 0. The van der Waals surface area contributed by atoms with Gasteiger partial charge in [0.15, 0.2) is 0 Å². The van der Waals surface area contributed by atoms with E-state index >= 15 is 0 Å². The van der Waals surface area contributed by atoms with E-state index in [1.165, 1.54) is 12.1 Å². The molecule has 0 bridgehead atoms. The largest absolute Gasteiger partial charge is 0.481 e. The van der Waals surface area contributed by atoms with E-state index in [-0.39, 0.29) is 23.6 Å². The second-order valence-electron chi connectivity index (χ2n) is 4.75. The summed E-state index contributed by atoms with van der Waals surface area (Å²) in [6, 6.07) is 3.38. The summed E-state index contributed by atoms with van der Waals surface area (Å²) in [4.78, 5) is 22.7. The van der Waals surface area contributed by atoms with Gasteiger partial charge in [-0.15, -0.1) is 0 Å². The lowest BCUT2D eigenvalue weighted by Crippen LogP contribution is -2.38. The quantitative estimate of drug-likeness (QED) is 0.702. The number of rotatable bonds is 5. The zero-order chi connectivity index (χ0) is 14.0. The summed E-state index contributed by atoms with van der Waals surface area (Å²) in [5.74, 6) is -1.88. The minimum atomic E-state index is -0.958. The Bertz CT molecular complexity index is 515. The van der Waals surface area contributed by atoms with E-state index < -0.39 is 23.7 Å². The van der Waals surface area contributed by atoms with Crippen LogP contribution in [0.25, 0.3) is 0 Å². The van der Waals surface area contributed by atoms with E-state index in [1.807, 2.05) is 0 Å². The number of carboxylic acid groups (broad SMARTS) is 1. The maximum absolute atomic E-state index is 13.3. The van der Waals surface area contributed by atoms with Gasteiger partial charge in [-0.3, -0.25) is 9.59 Å². The molecular weight excluding hydrogens is 251 g/mol. The van der Waals surface area contributed by atoms with Crippen LogP contribution in [0.5, 0.6) is 0 Å². The Morgan fingerprint density at radius 1 is 1.47 bits per heavy atom. The Kier molecular flexibility index (Phi) is 3.69. The van der Waals surface area contributed by atoms with Crippen molar-refractivity contribution >= 4 is 17.6 Å². The SMILES string of the molecule is Nc1ccc(C(=O)NC(CC(=O)O)C2CC2)cc1F. The Morgan fingerprint density at radius 3 is 2.68 bits per heavy atom. The third-order valence-corrected chi connectivity index (χ3v) is 3.16. The molecule has 1 aromatic carbocycles. The summed E-state index contributed by atoms with van der Waals surface area (Å²) >= 11 is 0. The lowest BCUT2D eigenvalue weighted by molar-refractivity contribution is -0.137. The van der Waals surface area contributed by atoms with Crippen molar-refractivity contribution in [3.8, 4) is 0 Å². The van der Waals surface area contributed by atoms with Crippen LogP contribution in [0, 0.1) is 11.7 Å². The van der Waals surface area contributed by atoms with Gasteiger partial charge in [-0.2, -0.15) is 0 Å². The Labute approximate surface area is 109 Å². The number of nitrogens with two attached hydrogens (primary N) is 1. The van der Waals surface area contributed by atoms with E-state index in [0.29, 0.717) is 0 Å². The summed E-state index contributed by atoms with van der Waals surface area (Å²) in [5, 5.41) is 11.4. The number of benzene rings is 1. The average molecular weight is 266 g/mol. The molecule has 0 aromatic heterocycles. The first-order chi connectivity index (χ1) is 8.97. The van der Waals surface area contributed by atoms with Crippen molar-refractivity contribution in [2.24, 2.45) is 5.92 Å². The van der Waals surface area contributed by atoms with Crippen LogP contribution in [0.2, 0.25) is 0 Å². The molecule has 0 spiro atoms. The number of carbonyl (C=O) groups is 2. The van der Waals surface area contributed by atoms with Crippen molar-refractivity contribution in [3.05, 3.63) is 29.6 Å². The van der Waals surface area contributed by atoms with E-state index in [2.05, 4.69) is 5.32 Å². The maximum atomic E-state index is 13.3. The fourth-order valence-corrected chi connectivity index (χ4v) is 1.94. The van der Waals surface area contributed by atoms with Crippen LogP contribution < -0.4 is 11.1 Å². The number of halogens is 1. The molecule has 0 saturated heterocycles. The Hall–Kier alpha value is -2.11. The van der Waals surface area contributed by atoms with Crippen molar-refractivity contribution in [1.29, 1.82) is 0 Å². The molecule has 0 heterocycles. The molecule has 0 aliphatic heterocycles. The Morgan fingerprint density at radius 2 is 2.16 bits per heavy atom. The van der Waals surface area contributed by atoms with Gasteiger partial charge >= 0.3 is 5.97 Å². The highest BCUT2D eigenvalue weighted by Crippen LogP contribution is 2.34. The summed E-state index contributed by atoms with van der Waals surface area (Å²) in [6.07, 6.45) is 1.70. The molecule has 4 N–H and O–H groups in total. The van der Waals surface area contributed by atoms with Crippen LogP contribution in [-0.2, 0) is 4.79 Å². The van der Waals surface area contributed by atoms with E-state index in [1.54, 1.807) is 0 Å². The van der Waals surface area contributed by atoms with Crippen molar-refractivity contribution in [2.75, 3.05) is 5.73 Å². The van der Waals surface area contributed by atoms with E-state index in [9.17, 15) is 14.0 Å². The second-order valence-corrected chi connectivity index (χ2v) is 4.75. The molecule has 1 aliphatic carbocycles. The number of nitrogen functional groups attached to an aromatic ring is 1. The fourth-order valence-electron chi connectivity index (χ4n) is 1.94. The topological polar surface area (TPSA) is 92.4 Å². The highest BCUT2D eigenvalue weighted by Gasteiger charge is 2.33. The molecule has 6 heteroatoms. The lowest BCUT2D eigenvalue weighted by atomic mass is 10.1. The summed E-state index contributed by atoms with van der Waals surface area (Å²) < 4.78 is 13.3. The molecule has 1 aliphatic rings. The van der Waals surface area contributed by atoms with Gasteiger partial charge in [-0.1, -0.05) is 0 Å². The zero-order valence-electron chi connectivity index (χ0n) is 10.2. The van der Waals surface area contributed by atoms with Gasteiger partial charge in [0, 0.05) is 11.6 Å². The summed E-state index contributed by atoms with van der Waals surface area (Å²) in [5.41, 5.74) is 5.44. The molecule has 1 amide bonds. The molecule has 1 aromatic rings. The molecule has 19 heavy (non-hydrogen) atoms. The molecule has 1 atom stereocenters. The first-order valence-electron chi connectivity index (χ1n) is 6.05. The number of aliphatic carboxylic acids is 1. The molecule has 1 unspecified atom stereocenters. The maximum Gasteiger partial charge on any atom is 0.305 e. The fraction of sp³-hybridized carbons (Fsp3) is 0.385. The predicted octanol–water partition coefficient (Wildman–Crippen LogP) is 1.39. The normalized spacial score (nSPS) is 15.8. The van der Waals surface area contributed by atoms with Crippen LogP contribution in [0.4, 0.5) is 10.1 Å². The number of nitrogens with one attached hydrogen (secondary N) is 1. The van der Waals surface area contributed by atoms with E-state index in [0.717, 1.165) is 18.9 Å². The van der Waals surface area contributed by atoms with Crippen molar-refractivity contribution in [1.82, 2.24) is 5.32 Å². The van der Waals surface area contributed by atoms with Crippen molar-refractivity contribution < 1.29 is 19.1 Å². The molecule has 5 nitrogen and oxygen atoms in total. The monoisotopic (exact) mass is 266 g/mol. The van der Waals surface area contributed by atoms with Gasteiger partial charge in [-0.25, -0.2) is 4.39 Å². The van der Waals surface area contributed by atoms with Crippen LogP contribution in [-0.4, -0.2) is 23.0 Å². The Balaban J connectivity index is 2.05. The van der Waals surface area contributed by atoms with Crippen LogP contribution in [0.1, 0.15) is 29.6 Å². The highest BCUT2D eigenvalue weighted by molar-refractivity contribution is 5.95. The number of hydrogen-bond donors (Lipinski definition) is 3. The average Bonchev–Trinajstić information content (AvgIpc) is 3.15.